The van der Waals surface area contributed by atoms with Gasteiger partial charge < -0.3 is 29.3 Å². The summed E-state index contributed by atoms with van der Waals surface area (Å²) in [7, 11) is 0. The van der Waals surface area contributed by atoms with Gasteiger partial charge in [0.15, 0.2) is 0 Å². The lowest BCUT2D eigenvalue weighted by molar-refractivity contribution is -0.173. The molecule has 5 atom stereocenters. The fraction of sp³-hybridized carbons (Fsp3) is 0.593. The van der Waals surface area contributed by atoms with Crippen molar-refractivity contribution in [3.8, 4) is 0 Å². The maximum Gasteiger partial charge on any atom is 0.511 e. The zero-order chi connectivity index (χ0) is 28.7. The fourth-order valence-corrected chi connectivity index (χ4v) is 7.25. The number of imidazole rings is 1. The van der Waals surface area contributed by atoms with Crippen molar-refractivity contribution in [1.82, 2.24) is 14.3 Å². The number of carbonyl (C=O) groups excluding carboxylic acids is 4. The van der Waals surface area contributed by atoms with Crippen LogP contribution in [-0.4, -0.2) is 80.0 Å². The monoisotopic (exact) mass is 575 g/mol. The lowest BCUT2D eigenvalue weighted by Crippen LogP contribution is -2.63. The number of Topliss-reactive ketones (excluding diaryl/α,β-unsaturated/α-hetero) is 1. The normalized spacial score (nSPS) is 24.5. The molecule has 216 valence electrons. The van der Waals surface area contributed by atoms with Gasteiger partial charge in [0.1, 0.15) is 29.2 Å². The Kier molecular flexibility index (Phi) is 7.98. The van der Waals surface area contributed by atoms with E-state index in [4.69, 9.17) is 14.2 Å². The third-order valence-corrected chi connectivity index (χ3v) is 9.09. The van der Waals surface area contributed by atoms with Crippen LogP contribution < -0.4 is 0 Å². The van der Waals surface area contributed by atoms with Crippen molar-refractivity contribution in [2.45, 2.75) is 71.3 Å². The Bertz CT molecular complexity index is 1360. The molecule has 5 rings (SSSR count). The second-order valence-corrected chi connectivity index (χ2v) is 11.7. The van der Waals surface area contributed by atoms with E-state index in [0.29, 0.717) is 21.2 Å². The van der Waals surface area contributed by atoms with Crippen molar-refractivity contribution in [2.75, 3.05) is 13.2 Å². The summed E-state index contributed by atoms with van der Waals surface area (Å²) in [6.07, 6.45) is 5.37. The van der Waals surface area contributed by atoms with Crippen LogP contribution in [0.4, 0.5) is 4.79 Å². The standard InChI is InChI=1S/C27H33N3O9S/c1-13-19(18-9-29-12-28-21(17(33)10-31)25(29)40-18)23(30-22(13)20(14(2)32)24(30)34)26(35)38-15(3)39-27(36)37-11-16-7-5-4-6-8-16/h9,12-16,20,22,31-32H,4-8,10-11H2,1-3H3/t13-,14+,15?,20+,22+/m0/s1. The van der Waals surface area contributed by atoms with E-state index in [1.165, 1.54) is 42.8 Å². The van der Waals surface area contributed by atoms with Gasteiger partial charge in [-0.2, -0.15) is 0 Å². The number of hydrogen-bond donors (Lipinski definition) is 2. The van der Waals surface area contributed by atoms with Crippen molar-refractivity contribution < 1.29 is 43.6 Å². The van der Waals surface area contributed by atoms with Gasteiger partial charge in [-0.25, -0.2) is 14.6 Å². The van der Waals surface area contributed by atoms with E-state index < -0.39 is 54.8 Å². The summed E-state index contributed by atoms with van der Waals surface area (Å²) in [5.41, 5.74) is 0.608. The molecule has 2 N–H and O–H groups in total. The molecule has 1 unspecified atom stereocenters. The number of carbonyl (C=O) groups is 4. The minimum Gasteiger partial charge on any atom is -0.434 e. The van der Waals surface area contributed by atoms with Crippen LogP contribution in [0.3, 0.4) is 0 Å². The largest absolute Gasteiger partial charge is 0.511 e. The smallest absolute Gasteiger partial charge is 0.434 e. The van der Waals surface area contributed by atoms with Crippen LogP contribution >= 0.6 is 11.3 Å². The molecule has 0 radical (unpaired) electrons. The number of amides is 1. The van der Waals surface area contributed by atoms with Crippen LogP contribution in [0.1, 0.15) is 68.2 Å². The Hall–Kier alpha value is -3.29. The third-order valence-electron chi connectivity index (χ3n) is 7.95. The number of β-lactam (4-membered cyclic amide) rings is 1. The Balaban J connectivity index is 1.38. The minimum absolute atomic E-state index is 0.00193. The van der Waals surface area contributed by atoms with E-state index in [0.717, 1.165) is 25.7 Å². The zero-order valence-corrected chi connectivity index (χ0v) is 23.4. The van der Waals surface area contributed by atoms with E-state index in [1.54, 1.807) is 10.6 Å². The first-order valence-corrected chi connectivity index (χ1v) is 14.3. The lowest BCUT2D eigenvalue weighted by Gasteiger charge is -2.46. The second kappa shape index (κ2) is 11.3. The molecule has 2 fully saturated rings. The summed E-state index contributed by atoms with van der Waals surface area (Å²) in [5, 5.41) is 19.6. The number of aromatic nitrogens is 2. The number of fused-ring (bicyclic) bond motifs is 2. The van der Waals surface area contributed by atoms with Gasteiger partial charge in [0.25, 0.3) is 0 Å². The zero-order valence-electron chi connectivity index (χ0n) is 22.6. The number of nitrogens with zero attached hydrogens (tertiary/aromatic N) is 3. The molecular formula is C27H33N3O9S. The quantitative estimate of drug-likeness (QED) is 0.197. The summed E-state index contributed by atoms with van der Waals surface area (Å²) < 4.78 is 17.4. The molecule has 13 heteroatoms. The summed E-state index contributed by atoms with van der Waals surface area (Å²) in [6.45, 7) is 4.33. The number of esters is 1. The number of hydrogen-bond acceptors (Lipinski definition) is 11. The predicted molar refractivity (Wildman–Crippen MR) is 141 cm³/mol. The molecule has 3 aliphatic rings. The number of aliphatic hydroxyl groups excluding tert-OH is 2. The van der Waals surface area contributed by atoms with Crippen molar-refractivity contribution in [3.05, 3.63) is 28.8 Å². The first-order chi connectivity index (χ1) is 19.1. The van der Waals surface area contributed by atoms with Gasteiger partial charge in [0, 0.05) is 24.6 Å². The predicted octanol–water partition coefficient (Wildman–Crippen LogP) is 2.76. The molecule has 1 saturated heterocycles. The molecule has 12 nitrogen and oxygen atoms in total. The van der Waals surface area contributed by atoms with Gasteiger partial charge in [-0.1, -0.05) is 26.2 Å². The first-order valence-electron chi connectivity index (χ1n) is 13.5. The summed E-state index contributed by atoms with van der Waals surface area (Å²) in [4.78, 5) is 57.4. The molecule has 1 amide bonds. The van der Waals surface area contributed by atoms with Gasteiger partial charge in [-0.3, -0.25) is 14.0 Å². The number of thiazole rings is 1. The van der Waals surface area contributed by atoms with E-state index >= 15 is 0 Å². The Labute approximate surface area is 234 Å². The molecule has 4 heterocycles. The van der Waals surface area contributed by atoms with Crippen molar-refractivity contribution >= 4 is 45.6 Å². The number of rotatable bonds is 9. The first kappa shape index (κ1) is 28.2. The van der Waals surface area contributed by atoms with Crippen LogP contribution in [0.5, 0.6) is 0 Å². The van der Waals surface area contributed by atoms with Crippen LogP contribution in [0, 0.1) is 17.8 Å². The maximum absolute atomic E-state index is 13.5. The van der Waals surface area contributed by atoms with Crippen LogP contribution in [0.2, 0.25) is 0 Å². The number of aliphatic hydroxyl groups is 2. The number of ether oxygens (including phenoxy) is 3. The molecule has 1 aliphatic carbocycles. The molecule has 1 saturated carbocycles. The summed E-state index contributed by atoms with van der Waals surface area (Å²) >= 11 is 1.19. The van der Waals surface area contributed by atoms with E-state index in [-0.39, 0.29) is 23.9 Å². The highest BCUT2D eigenvalue weighted by molar-refractivity contribution is 7.18. The third kappa shape index (κ3) is 5.01. The minimum atomic E-state index is -1.28. The molecular weight excluding hydrogens is 542 g/mol. The van der Waals surface area contributed by atoms with Gasteiger partial charge in [0.2, 0.25) is 18.0 Å². The maximum atomic E-state index is 13.5. The van der Waals surface area contributed by atoms with Gasteiger partial charge in [-0.05, 0) is 25.7 Å². The topological polar surface area (TPSA) is 157 Å². The average Bonchev–Trinajstić information content (AvgIpc) is 3.57. The van der Waals surface area contributed by atoms with Crippen molar-refractivity contribution in [1.29, 1.82) is 0 Å². The SMILES string of the molecule is CC(OC(=O)OCC1CCCCC1)OC(=O)C1=C(c2cn3cnc(C(=O)CO)c3s2)[C@H](C)[C@@H]2[C@@H]([C@@H](C)O)C(=O)N12. The van der Waals surface area contributed by atoms with Crippen LogP contribution in [0.15, 0.2) is 18.2 Å². The Morgan fingerprint density at radius 3 is 2.58 bits per heavy atom. The molecule has 2 aromatic heterocycles. The van der Waals surface area contributed by atoms with Gasteiger partial charge in [0.05, 0.1) is 29.5 Å². The molecule has 0 bridgehead atoms. The van der Waals surface area contributed by atoms with Crippen molar-refractivity contribution in [3.63, 3.8) is 0 Å². The molecule has 0 spiro atoms. The van der Waals surface area contributed by atoms with Gasteiger partial charge in [-0.15, -0.1) is 11.3 Å². The highest BCUT2D eigenvalue weighted by atomic mass is 32.1. The van der Waals surface area contributed by atoms with Crippen LogP contribution in [-0.2, 0) is 23.8 Å². The Morgan fingerprint density at radius 2 is 1.90 bits per heavy atom. The summed E-state index contributed by atoms with van der Waals surface area (Å²) in [5.74, 6) is -2.57. The second-order valence-electron chi connectivity index (χ2n) is 10.7. The lowest BCUT2D eigenvalue weighted by atomic mass is 9.77. The highest BCUT2D eigenvalue weighted by Crippen LogP contribution is 2.52. The molecule has 0 aromatic carbocycles. The molecule has 2 aromatic rings. The Morgan fingerprint density at radius 1 is 1.18 bits per heavy atom. The van der Waals surface area contributed by atoms with Gasteiger partial charge >= 0.3 is 12.1 Å². The van der Waals surface area contributed by atoms with E-state index in [2.05, 4.69) is 4.98 Å². The van der Waals surface area contributed by atoms with Crippen molar-refractivity contribution in [2.24, 2.45) is 17.8 Å². The van der Waals surface area contributed by atoms with E-state index in [1.807, 2.05) is 6.92 Å². The molecule has 2 aliphatic heterocycles. The average molecular weight is 576 g/mol. The van der Waals surface area contributed by atoms with E-state index in [9.17, 15) is 29.4 Å². The highest BCUT2D eigenvalue weighted by Gasteiger charge is 2.60. The van der Waals surface area contributed by atoms with Crippen LogP contribution in [0.25, 0.3) is 10.4 Å². The summed E-state index contributed by atoms with van der Waals surface area (Å²) in [6, 6.07) is -0.472. The fourth-order valence-electron chi connectivity index (χ4n) is 6.01. The number of ketones is 1. The molecule has 40 heavy (non-hydrogen) atoms.